The molecule has 0 bridgehead atoms. The van der Waals surface area contributed by atoms with Crippen molar-refractivity contribution in [2.75, 3.05) is 5.73 Å². The van der Waals surface area contributed by atoms with Gasteiger partial charge in [0.15, 0.2) is 5.15 Å². The Bertz CT molecular complexity index is 519. The molecule has 0 radical (unpaired) electrons. The maximum Gasteiger partial charge on any atom is 0.156 e. The summed E-state index contributed by atoms with van der Waals surface area (Å²) in [4.78, 5) is 8.73. The molecule has 16 heavy (non-hydrogen) atoms. The Balaban J connectivity index is 2.35. The summed E-state index contributed by atoms with van der Waals surface area (Å²) in [6.45, 7) is 0. The van der Waals surface area contributed by atoms with Crippen LogP contribution in [-0.4, -0.2) is 9.97 Å². The highest BCUT2D eigenvalue weighted by molar-refractivity contribution is 7.99. The van der Waals surface area contributed by atoms with E-state index in [1.807, 2.05) is 24.3 Å². The molecule has 0 unspecified atom stereocenters. The summed E-state index contributed by atoms with van der Waals surface area (Å²) in [7, 11) is 0. The molecular weight excluding hydrogens is 265 g/mol. The summed E-state index contributed by atoms with van der Waals surface area (Å²) in [6, 6.07) is 7.46. The second-order valence-corrected chi connectivity index (χ2v) is 4.71. The molecule has 0 saturated heterocycles. The van der Waals surface area contributed by atoms with E-state index in [0.717, 1.165) is 4.90 Å². The van der Waals surface area contributed by atoms with Crippen molar-refractivity contribution in [2.24, 2.45) is 0 Å². The fraction of sp³-hybridized carbons (Fsp3) is 0. The zero-order valence-corrected chi connectivity index (χ0v) is 10.4. The Hall–Kier alpha value is -0.970. The van der Waals surface area contributed by atoms with Gasteiger partial charge in [-0.3, -0.25) is 0 Å². The highest BCUT2D eigenvalue weighted by Crippen LogP contribution is 2.36. The minimum absolute atomic E-state index is 0.254. The molecule has 1 aromatic heterocycles. The predicted octanol–water partition coefficient (Wildman–Crippen LogP) is 3.52. The first-order valence-electron chi connectivity index (χ1n) is 4.37. The zero-order chi connectivity index (χ0) is 11.5. The van der Waals surface area contributed by atoms with Crippen LogP contribution in [0.4, 0.5) is 5.69 Å². The van der Waals surface area contributed by atoms with E-state index in [2.05, 4.69) is 9.97 Å². The van der Waals surface area contributed by atoms with Crippen molar-refractivity contribution in [3.05, 3.63) is 40.8 Å². The van der Waals surface area contributed by atoms with Crippen LogP contribution in [0, 0.1) is 0 Å². The number of rotatable bonds is 2. The SMILES string of the molecule is Nc1c(Cl)ncnc1Sc1ccccc1Cl. The van der Waals surface area contributed by atoms with Crippen LogP contribution in [0.1, 0.15) is 0 Å². The zero-order valence-electron chi connectivity index (χ0n) is 8.02. The van der Waals surface area contributed by atoms with Crippen molar-refractivity contribution in [3.8, 4) is 0 Å². The highest BCUT2D eigenvalue weighted by Gasteiger charge is 2.09. The van der Waals surface area contributed by atoms with Crippen molar-refractivity contribution in [1.29, 1.82) is 0 Å². The highest BCUT2D eigenvalue weighted by atomic mass is 35.5. The monoisotopic (exact) mass is 271 g/mol. The first kappa shape index (κ1) is 11.5. The lowest BCUT2D eigenvalue weighted by Gasteiger charge is -2.05. The molecule has 6 heteroatoms. The van der Waals surface area contributed by atoms with Gasteiger partial charge in [0.2, 0.25) is 0 Å². The Morgan fingerprint density at radius 1 is 1.12 bits per heavy atom. The summed E-state index contributed by atoms with van der Waals surface area (Å²) in [5.41, 5.74) is 6.13. The fourth-order valence-electron chi connectivity index (χ4n) is 1.07. The Labute approximate surface area is 107 Å². The second kappa shape index (κ2) is 4.91. The Morgan fingerprint density at radius 2 is 1.88 bits per heavy atom. The largest absolute Gasteiger partial charge is 0.394 e. The first-order valence-corrected chi connectivity index (χ1v) is 5.94. The van der Waals surface area contributed by atoms with Crippen LogP contribution < -0.4 is 5.73 Å². The minimum atomic E-state index is 0.254. The molecule has 0 spiro atoms. The molecule has 0 saturated carbocycles. The number of nitrogens with two attached hydrogens (primary N) is 1. The van der Waals surface area contributed by atoms with Crippen LogP contribution in [0.25, 0.3) is 0 Å². The van der Waals surface area contributed by atoms with E-state index in [9.17, 15) is 0 Å². The topological polar surface area (TPSA) is 51.8 Å². The molecule has 82 valence electrons. The van der Waals surface area contributed by atoms with Gasteiger partial charge in [-0.2, -0.15) is 0 Å². The molecule has 0 aliphatic heterocycles. The van der Waals surface area contributed by atoms with Crippen LogP contribution >= 0.6 is 35.0 Å². The van der Waals surface area contributed by atoms with Crippen molar-refractivity contribution in [3.63, 3.8) is 0 Å². The molecule has 0 atom stereocenters. The normalized spacial score (nSPS) is 10.4. The van der Waals surface area contributed by atoms with Gasteiger partial charge in [0, 0.05) is 4.90 Å². The third-order valence-electron chi connectivity index (χ3n) is 1.84. The Kier molecular flexibility index (Phi) is 3.53. The van der Waals surface area contributed by atoms with Gasteiger partial charge in [0.1, 0.15) is 17.0 Å². The molecule has 0 amide bonds. The van der Waals surface area contributed by atoms with Crippen molar-refractivity contribution in [1.82, 2.24) is 9.97 Å². The van der Waals surface area contributed by atoms with Gasteiger partial charge in [-0.05, 0) is 12.1 Å². The lowest BCUT2D eigenvalue weighted by Crippen LogP contribution is -1.95. The number of halogens is 2. The number of hydrogen-bond donors (Lipinski definition) is 1. The standard InChI is InChI=1S/C10H7Cl2N3S/c11-6-3-1-2-4-7(6)16-10-8(13)9(12)14-5-15-10/h1-5H,13H2. The third-order valence-corrected chi connectivity index (χ3v) is 3.68. The molecule has 1 heterocycles. The molecule has 0 aliphatic rings. The molecule has 2 rings (SSSR count). The van der Waals surface area contributed by atoms with E-state index in [4.69, 9.17) is 28.9 Å². The quantitative estimate of drug-likeness (QED) is 0.850. The van der Waals surface area contributed by atoms with Gasteiger partial charge in [0.25, 0.3) is 0 Å². The average molecular weight is 272 g/mol. The van der Waals surface area contributed by atoms with Crippen LogP contribution in [0.3, 0.4) is 0 Å². The number of nitrogens with zero attached hydrogens (tertiary/aromatic N) is 2. The average Bonchev–Trinajstić information content (AvgIpc) is 2.28. The van der Waals surface area contributed by atoms with Gasteiger partial charge >= 0.3 is 0 Å². The lowest BCUT2D eigenvalue weighted by atomic mass is 10.4. The van der Waals surface area contributed by atoms with Gasteiger partial charge in [-0.25, -0.2) is 9.97 Å². The number of hydrogen-bond acceptors (Lipinski definition) is 4. The first-order chi connectivity index (χ1) is 7.68. The van der Waals surface area contributed by atoms with Crippen LogP contribution in [0.5, 0.6) is 0 Å². The molecule has 2 aromatic rings. The number of anilines is 1. The van der Waals surface area contributed by atoms with Gasteiger partial charge < -0.3 is 5.73 Å². The molecule has 0 aliphatic carbocycles. The lowest BCUT2D eigenvalue weighted by molar-refractivity contribution is 1.06. The van der Waals surface area contributed by atoms with Crippen LogP contribution in [0.2, 0.25) is 10.2 Å². The van der Waals surface area contributed by atoms with E-state index in [-0.39, 0.29) is 5.15 Å². The maximum atomic E-state index is 6.03. The summed E-state index contributed by atoms with van der Waals surface area (Å²) in [5, 5.41) is 1.51. The van der Waals surface area contributed by atoms with Gasteiger partial charge in [0.05, 0.1) is 5.02 Å². The van der Waals surface area contributed by atoms with E-state index in [0.29, 0.717) is 15.7 Å². The minimum Gasteiger partial charge on any atom is -0.394 e. The Morgan fingerprint density at radius 3 is 2.62 bits per heavy atom. The van der Waals surface area contributed by atoms with E-state index in [1.54, 1.807) is 0 Å². The van der Waals surface area contributed by atoms with Gasteiger partial charge in [-0.1, -0.05) is 47.1 Å². The maximum absolute atomic E-state index is 6.03. The molecule has 2 N–H and O–H groups in total. The fourth-order valence-corrected chi connectivity index (χ4v) is 2.34. The summed E-state index contributed by atoms with van der Waals surface area (Å²) in [6.07, 6.45) is 1.37. The summed E-state index contributed by atoms with van der Waals surface area (Å²) >= 11 is 13.2. The summed E-state index contributed by atoms with van der Waals surface area (Å²) in [5.74, 6) is 0. The molecule has 3 nitrogen and oxygen atoms in total. The van der Waals surface area contributed by atoms with Crippen LogP contribution in [0.15, 0.2) is 40.5 Å². The predicted molar refractivity (Wildman–Crippen MR) is 67.0 cm³/mol. The van der Waals surface area contributed by atoms with E-state index < -0.39 is 0 Å². The van der Waals surface area contributed by atoms with Crippen LogP contribution in [-0.2, 0) is 0 Å². The van der Waals surface area contributed by atoms with Gasteiger partial charge in [-0.15, -0.1) is 0 Å². The van der Waals surface area contributed by atoms with Crippen molar-refractivity contribution >= 4 is 40.7 Å². The number of nitrogen functional groups attached to an aromatic ring is 1. The molecular formula is C10H7Cl2N3S. The van der Waals surface area contributed by atoms with Crippen molar-refractivity contribution < 1.29 is 0 Å². The second-order valence-electron chi connectivity index (χ2n) is 2.92. The summed E-state index contributed by atoms with van der Waals surface area (Å²) < 4.78 is 0. The van der Waals surface area contributed by atoms with E-state index >= 15 is 0 Å². The van der Waals surface area contributed by atoms with Crippen molar-refractivity contribution in [2.45, 2.75) is 9.92 Å². The third kappa shape index (κ3) is 2.40. The number of benzene rings is 1. The smallest absolute Gasteiger partial charge is 0.156 e. The number of aromatic nitrogens is 2. The molecule has 1 aromatic carbocycles. The van der Waals surface area contributed by atoms with E-state index in [1.165, 1.54) is 18.1 Å². The molecule has 0 fully saturated rings.